The molecule has 1 N–H and O–H groups in total. The molecular formula is C16H20BrNO3. The van der Waals surface area contributed by atoms with Crippen LogP contribution in [0.15, 0.2) is 22.7 Å². The second-order valence-corrected chi connectivity index (χ2v) is 6.71. The lowest BCUT2D eigenvalue weighted by Gasteiger charge is -2.35. The van der Waals surface area contributed by atoms with Crippen LogP contribution in [-0.4, -0.2) is 35.0 Å². The summed E-state index contributed by atoms with van der Waals surface area (Å²) in [4.78, 5) is 25.3. The van der Waals surface area contributed by atoms with Crippen molar-refractivity contribution >= 4 is 27.8 Å². The number of amides is 1. The molecule has 0 spiro atoms. The molecule has 0 saturated carbocycles. The van der Waals surface area contributed by atoms with Crippen molar-refractivity contribution in [2.24, 2.45) is 11.8 Å². The van der Waals surface area contributed by atoms with Crippen molar-refractivity contribution in [3.05, 3.63) is 33.8 Å². The van der Waals surface area contributed by atoms with Gasteiger partial charge in [-0.1, -0.05) is 28.9 Å². The van der Waals surface area contributed by atoms with Crippen molar-refractivity contribution < 1.29 is 14.7 Å². The van der Waals surface area contributed by atoms with Crippen molar-refractivity contribution in [3.8, 4) is 0 Å². The fourth-order valence-electron chi connectivity index (χ4n) is 2.87. The molecule has 1 amide bonds. The van der Waals surface area contributed by atoms with E-state index in [1.54, 1.807) is 4.90 Å². The number of rotatable bonds is 3. The Labute approximate surface area is 133 Å². The van der Waals surface area contributed by atoms with E-state index in [1.165, 1.54) is 0 Å². The average Bonchev–Trinajstić information content (AvgIpc) is 2.41. The molecule has 0 bridgehead atoms. The number of halogens is 1. The molecule has 1 aliphatic rings. The van der Waals surface area contributed by atoms with Gasteiger partial charge in [-0.3, -0.25) is 9.59 Å². The van der Waals surface area contributed by atoms with Crippen molar-refractivity contribution in [2.75, 3.05) is 13.1 Å². The standard InChI is InChI=1S/C16H20BrNO3/c1-10-7-13(17)4-3-12(10)8-15(19)18-6-5-14(16(20)21)11(2)9-18/h3-4,7,11,14H,5-6,8-9H2,1-2H3,(H,20,21). The summed E-state index contributed by atoms with van der Waals surface area (Å²) in [6.07, 6.45) is 0.922. The van der Waals surface area contributed by atoms with Crippen LogP contribution in [0.1, 0.15) is 24.5 Å². The van der Waals surface area contributed by atoms with Crippen LogP contribution in [-0.2, 0) is 16.0 Å². The van der Waals surface area contributed by atoms with Crippen LogP contribution in [0.5, 0.6) is 0 Å². The summed E-state index contributed by atoms with van der Waals surface area (Å²) in [6, 6.07) is 5.90. The van der Waals surface area contributed by atoms with Gasteiger partial charge in [-0.25, -0.2) is 0 Å². The Hall–Kier alpha value is -1.36. The van der Waals surface area contributed by atoms with Gasteiger partial charge in [0.15, 0.2) is 0 Å². The molecule has 4 nitrogen and oxygen atoms in total. The highest BCUT2D eigenvalue weighted by Crippen LogP contribution is 2.24. The van der Waals surface area contributed by atoms with E-state index in [0.29, 0.717) is 25.9 Å². The minimum Gasteiger partial charge on any atom is -0.481 e. The number of aliphatic carboxylic acids is 1. The normalized spacial score (nSPS) is 22.1. The molecule has 2 unspecified atom stereocenters. The molecule has 0 aromatic heterocycles. The summed E-state index contributed by atoms with van der Waals surface area (Å²) >= 11 is 3.42. The number of carbonyl (C=O) groups excluding carboxylic acids is 1. The maximum Gasteiger partial charge on any atom is 0.306 e. The molecule has 1 aliphatic heterocycles. The number of hydrogen-bond donors (Lipinski definition) is 1. The highest BCUT2D eigenvalue weighted by molar-refractivity contribution is 9.10. The van der Waals surface area contributed by atoms with Crippen LogP contribution in [0.25, 0.3) is 0 Å². The summed E-state index contributed by atoms with van der Waals surface area (Å²) in [5.74, 6) is -0.996. The van der Waals surface area contributed by atoms with Crippen molar-refractivity contribution in [3.63, 3.8) is 0 Å². The zero-order valence-electron chi connectivity index (χ0n) is 12.3. The van der Waals surface area contributed by atoms with E-state index in [1.807, 2.05) is 32.0 Å². The Morgan fingerprint density at radius 1 is 1.43 bits per heavy atom. The van der Waals surface area contributed by atoms with Gasteiger partial charge in [-0.05, 0) is 42.5 Å². The van der Waals surface area contributed by atoms with E-state index in [4.69, 9.17) is 5.11 Å². The Bertz CT molecular complexity index is 558. The van der Waals surface area contributed by atoms with E-state index in [-0.39, 0.29) is 17.7 Å². The number of carboxylic acids is 1. The Morgan fingerprint density at radius 3 is 2.71 bits per heavy atom. The summed E-state index contributed by atoms with van der Waals surface area (Å²) in [5.41, 5.74) is 2.11. The minimum absolute atomic E-state index is 0.00575. The number of hydrogen-bond acceptors (Lipinski definition) is 2. The van der Waals surface area contributed by atoms with Gasteiger partial charge in [0.25, 0.3) is 0 Å². The molecule has 1 aromatic carbocycles. The second kappa shape index (κ2) is 6.60. The predicted octanol–water partition coefficient (Wildman–Crippen LogP) is 2.87. The first-order chi connectivity index (χ1) is 9.88. The zero-order chi connectivity index (χ0) is 15.6. The topological polar surface area (TPSA) is 57.6 Å². The average molecular weight is 354 g/mol. The van der Waals surface area contributed by atoms with Crippen LogP contribution >= 0.6 is 15.9 Å². The summed E-state index contributed by atoms with van der Waals surface area (Å²) in [7, 11) is 0. The molecule has 0 radical (unpaired) electrons. The number of carbonyl (C=O) groups is 2. The molecular weight excluding hydrogens is 334 g/mol. The third-order valence-electron chi connectivity index (χ3n) is 4.22. The fourth-order valence-corrected chi connectivity index (χ4v) is 3.35. The first-order valence-corrected chi connectivity index (χ1v) is 7.93. The van der Waals surface area contributed by atoms with Crippen molar-refractivity contribution in [1.82, 2.24) is 4.90 Å². The minimum atomic E-state index is -0.752. The quantitative estimate of drug-likeness (QED) is 0.908. The molecule has 1 saturated heterocycles. The molecule has 5 heteroatoms. The first kappa shape index (κ1) is 16.0. The number of likely N-dealkylation sites (tertiary alicyclic amines) is 1. The summed E-state index contributed by atoms with van der Waals surface area (Å²) < 4.78 is 1.01. The van der Waals surface area contributed by atoms with Gasteiger partial charge < -0.3 is 10.0 Å². The maximum atomic E-state index is 12.4. The van der Waals surface area contributed by atoms with Gasteiger partial charge in [-0.15, -0.1) is 0 Å². The van der Waals surface area contributed by atoms with Gasteiger partial charge in [0.1, 0.15) is 0 Å². The fraction of sp³-hybridized carbons (Fsp3) is 0.500. The summed E-state index contributed by atoms with van der Waals surface area (Å²) in [5, 5.41) is 9.12. The number of aryl methyl sites for hydroxylation is 1. The number of benzene rings is 1. The van der Waals surface area contributed by atoms with Gasteiger partial charge in [0, 0.05) is 17.6 Å². The molecule has 114 valence electrons. The Morgan fingerprint density at radius 2 is 2.14 bits per heavy atom. The third-order valence-corrected chi connectivity index (χ3v) is 4.71. The molecule has 2 atom stereocenters. The summed E-state index contributed by atoms with van der Waals surface area (Å²) in [6.45, 7) is 4.97. The lowest BCUT2D eigenvalue weighted by molar-refractivity contribution is -0.148. The van der Waals surface area contributed by atoms with Crippen LogP contribution in [0.3, 0.4) is 0 Å². The van der Waals surface area contributed by atoms with Crippen molar-refractivity contribution in [1.29, 1.82) is 0 Å². The largest absolute Gasteiger partial charge is 0.481 e. The van der Waals surface area contributed by atoms with Crippen LogP contribution < -0.4 is 0 Å². The lowest BCUT2D eigenvalue weighted by atomic mass is 9.87. The monoisotopic (exact) mass is 353 g/mol. The van der Waals surface area contributed by atoms with E-state index in [0.717, 1.165) is 15.6 Å². The predicted molar refractivity (Wildman–Crippen MR) is 84.1 cm³/mol. The Kier molecular flexibility index (Phi) is 5.04. The number of piperidine rings is 1. The molecule has 21 heavy (non-hydrogen) atoms. The molecule has 2 rings (SSSR count). The molecule has 0 aliphatic carbocycles. The smallest absolute Gasteiger partial charge is 0.306 e. The highest BCUT2D eigenvalue weighted by atomic mass is 79.9. The van der Waals surface area contributed by atoms with Crippen LogP contribution in [0.4, 0.5) is 0 Å². The first-order valence-electron chi connectivity index (χ1n) is 7.14. The maximum absolute atomic E-state index is 12.4. The van der Waals surface area contributed by atoms with Gasteiger partial charge >= 0.3 is 5.97 Å². The third kappa shape index (κ3) is 3.84. The van der Waals surface area contributed by atoms with E-state index < -0.39 is 5.97 Å². The van der Waals surface area contributed by atoms with Crippen molar-refractivity contribution in [2.45, 2.75) is 26.7 Å². The van der Waals surface area contributed by atoms with Gasteiger partial charge in [0.2, 0.25) is 5.91 Å². The molecule has 1 heterocycles. The Balaban J connectivity index is 2.00. The van der Waals surface area contributed by atoms with Gasteiger partial charge in [-0.2, -0.15) is 0 Å². The number of carboxylic acid groups (broad SMARTS) is 1. The highest BCUT2D eigenvalue weighted by Gasteiger charge is 2.32. The SMILES string of the molecule is Cc1cc(Br)ccc1CC(=O)N1CCC(C(=O)O)C(C)C1. The van der Waals surface area contributed by atoms with Gasteiger partial charge in [0.05, 0.1) is 12.3 Å². The van der Waals surface area contributed by atoms with E-state index >= 15 is 0 Å². The molecule has 1 aromatic rings. The lowest BCUT2D eigenvalue weighted by Crippen LogP contribution is -2.45. The van der Waals surface area contributed by atoms with Crippen LogP contribution in [0, 0.1) is 18.8 Å². The van der Waals surface area contributed by atoms with Crippen LogP contribution in [0.2, 0.25) is 0 Å². The number of nitrogens with zero attached hydrogens (tertiary/aromatic N) is 1. The molecule has 1 fully saturated rings. The van der Waals surface area contributed by atoms with E-state index in [2.05, 4.69) is 15.9 Å². The zero-order valence-corrected chi connectivity index (χ0v) is 13.9. The second-order valence-electron chi connectivity index (χ2n) is 5.80. The van der Waals surface area contributed by atoms with E-state index in [9.17, 15) is 9.59 Å².